The summed E-state index contributed by atoms with van der Waals surface area (Å²) in [5.41, 5.74) is 2.46. The highest BCUT2D eigenvalue weighted by molar-refractivity contribution is 9.10. The van der Waals surface area contributed by atoms with E-state index in [2.05, 4.69) is 15.9 Å². The lowest BCUT2D eigenvalue weighted by molar-refractivity contribution is 0.178. The first-order chi connectivity index (χ1) is 8.94. The zero-order chi connectivity index (χ0) is 14.0. The molecule has 100 valence electrons. The molecule has 2 aromatic carbocycles. The summed E-state index contributed by atoms with van der Waals surface area (Å²) in [6.07, 6.45) is -0.359. The van der Waals surface area contributed by atoms with Gasteiger partial charge in [-0.1, -0.05) is 33.6 Å². The van der Waals surface area contributed by atoms with Crippen LogP contribution in [0, 0.1) is 12.7 Å². The Morgan fingerprint density at radius 2 is 1.95 bits per heavy atom. The topological polar surface area (TPSA) is 20.2 Å². The van der Waals surface area contributed by atoms with Crippen molar-refractivity contribution >= 4 is 27.5 Å². The molecule has 0 fully saturated rings. The first kappa shape index (κ1) is 14.5. The van der Waals surface area contributed by atoms with Gasteiger partial charge in [0.2, 0.25) is 0 Å². The molecule has 0 saturated carbocycles. The number of hydrogen-bond donors (Lipinski definition) is 1. The molecule has 1 atom stereocenters. The zero-order valence-corrected chi connectivity index (χ0v) is 12.7. The fourth-order valence-corrected chi connectivity index (χ4v) is 2.84. The van der Waals surface area contributed by atoms with Crippen molar-refractivity contribution in [3.63, 3.8) is 0 Å². The minimum atomic E-state index is -0.703. The second kappa shape index (κ2) is 6.04. The van der Waals surface area contributed by atoms with E-state index in [1.807, 2.05) is 19.1 Å². The fraction of sp³-hybridized carbons (Fsp3) is 0.200. The minimum Gasteiger partial charge on any atom is -0.388 e. The Balaban J connectivity index is 2.22. The van der Waals surface area contributed by atoms with E-state index in [0.29, 0.717) is 15.9 Å². The first-order valence-corrected chi connectivity index (χ1v) is 7.01. The smallest absolute Gasteiger partial charge is 0.124 e. The molecule has 2 rings (SSSR count). The molecule has 2 aromatic rings. The van der Waals surface area contributed by atoms with Crippen LogP contribution in [0.3, 0.4) is 0 Å². The molecule has 0 amide bonds. The molecule has 0 bridgehead atoms. The highest BCUT2D eigenvalue weighted by Crippen LogP contribution is 2.25. The van der Waals surface area contributed by atoms with Crippen LogP contribution in [0.5, 0.6) is 0 Å². The Morgan fingerprint density at radius 1 is 1.21 bits per heavy atom. The number of aliphatic hydroxyl groups is 1. The third-order valence-corrected chi connectivity index (χ3v) is 3.48. The highest BCUT2D eigenvalue weighted by Gasteiger charge is 2.11. The van der Waals surface area contributed by atoms with Crippen LogP contribution in [0.25, 0.3) is 0 Å². The lowest BCUT2D eigenvalue weighted by atomic mass is 10.00. The molecule has 1 N–H and O–H groups in total. The summed E-state index contributed by atoms with van der Waals surface area (Å²) in [6.45, 7) is 1.92. The Labute approximate surface area is 125 Å². The van der Waals surface area contributed by atoms with Gasteiger partial charge in [0, 0.05) is 15.9 Å². The van der Waals surface area contributed by atoms with E-state index in [1.54, 1.807) is 12.1 Å². The van der Waals surface area contributed by atoms with Gasteiger partial charge in [-0.2, -0.15) is 0 Å². The normalized spacial score (nSPS) is 12.5. The van der Waals surface area contributed by atoms with Crippen molar-refractivity contribution in [1.82, 2.24) is 0 Å². The molecular weight excluding hydrogens is 331 g/mol. The third kappa shape index (κ3) is 4.03. The van der Waals surface area contributed by atoms with E-state index in [9.17, 15) is 9.50 Å². The molecule has 1 nitrogen and oxygen atoms in total. The molecule has 19 heavy (non-hydrogen) atoms. The van der Waals surface area contributed by atoms with Crippen LogP contribution in [0.15, 0.2) is 40.9 Å². The molecule has 1 unspecified atom stereocenters. The van der Waals surface area contributed by atoms with Crippen LogP contribution in [-0.2, 0) is 6.42 Å². The number of rotatable bonds is 3. The van der Waals surface area contributed by atoms with Crippen LogP contribution >= 0.6 is 27.5 Å². The zero-order valence-electron chi connectivity index (χ0n) is 10.3. The van der Waals surface area contributed by atoms with E-state index < -0.39 is 6.10 Å². The van der Waals surface area contributed by atoms with Gasteiger partial charge >= 0.3 is 0 Å². The average molecular weight is 344 g/mol. The molecule has 0 aliphatic rings. The van der Waals surface area contributed by atoms with Crippen molar-refractivity contribution in [2.45, 2.75) is 19.4 Å². The lowest BCUT2D eigenvalue weighted by Crippen LogP contribution is -2.02. The Bertz CT molecular complexity index is 560. The van der Waals surface area contributed by atoms with Crippen molar-refractivity contribution in [3.8, 4) is 0 Å². The van der Waals surface area contributed by atoms with Crippen molar-refractivity contribution in [2.75, 3.05) is 0 Å². The van der Waals surface area contributed by atoms with Crippen LogP contribution in [0.4, 0.5) is 4.39 Å². The van der Waals surface area contributed by atoms with Gasteiger partial charge in [-0.05, 0) is 53.9 Å². The summed E-state index contributed by atoms with van der Waals surface area (Å²) in [5, 5.41) is 10.8. The quantitative estimate of drug-likeness (QED) is 0.846. The Kier molecular flexibility index (Phi) is 4.61. The molecular formula is C15H13BrClFO. The van der Waals surface area contributed by atoms with Gasteiger partial charge in [-0.3, -0.25) is 0 Å². The van der Waals surface area contributed by atoms with E-state index in [1.165, 1.54) is 12.1 Å². The van der Waals surface area contributed by atoms with Crippen molar-refractivity contribution in [2.24, 2.45) is 0 Å². The Morgan fingerprint density at radius 3 is 2.58 bits per heavy atom. The maximum atomic E-state index is 13.3. The van der Waals surface area contributed by atoms with Gasteiger partial charge in [0.1, 0.15) is 5.82 Å². The predicted octanol–water partition coefficient (Wildman–Crippen LogP) is 4.83. The number of aryl methyl sites for hydroxylation is 1. The van der Waals surface area contributed by atoms with Crippen LogP contribution < -0.4 is 0 Å². The van der Waals surface area contributed by atoms with Gasteiger partial charge in [0.25, 0.3) is 0 Å². The van der Waals surface area contributed by atoms with Crippen LogP contribution in [0.1, 0.15) is 22.8 Å². The summed E-state index contributed by atoms with van der Waals surface area (Å²) in [5.74, 6) is -0.321. The maximum absolute atomic E-state index is 13.3. The molecule has 0 aromatic heterocycles. The summed E-state index contributed by atoms with van der Waals surface area (Å²) in [4.78, 5) is 0. The summed E-state index contributed by atoms with van der Waals surface area (Å²) >= 11 is 9.21. The summed E-state index contributed by atoms with van der Waals surface area (Å²) in [7, 11) is 0. The SMILES string of the molecule is Cc1cc(Cl)cc(C(O)Cc2cc(F)cc(Br)c2)c1. The van der Waals surface area contributed by atoms with Gasteiger partial charge in [0.15, 0.2) is 0 Å². The molecule has 0 spiro atoms. The second-order valence-corrected chi connectivity index (χ2v) is 5.91. The standard InChI is InChI=1S/C15H13BrClFO/c1-9-2-11(7-13(17)3-9)15(19)6-10-4-12(16)8-14(18)5-10/h2-5,7-8,15,19H,6H2,1H3. The van der Waals surface area contributed by atoms with Crippen molar-refractivity contribution < 1.29 is 9.50 Å². The van der Waals surface area contributed by atoms with Gasteiger partial charge in [0.05, 0.1) is 6.10 Å². The largest absolute Gasteiger partial charge is 0.388 e. The molecule has 0 radical (unpaired) electrons. The molecule has 0 aliphatic carbocycles. The lowest BCUT2D eigenvalue weighted by Gasteiger charge is -2.13. The molecule has 4 heteroatoms. The minimum absolute atomic E-state index is 0.321. The van der Waals surface area contributed by atoms with Crippen molar-refractivity contribution in [3.05, 3.63) is 68.4 Å². The van der Waals surface area contributed by atoms with Gasteiger partial charge in [-0.25, -0.2) is 4.39 Å². The first-order valence-electron chi connectivity index (χ1n) is 5.84. The average Bonchev–Trinajstić information content (AvgIpc) is 2.25. The molecule has 0 saturated heterocycles. The van der Waals surface area contributed by atoms with Gasteiger partial charge in [-0.15, -0.1) is 0 Å². The maximum Gasteiger partial charge on any atom is 0.124 e. The fourth-order valence-electron chi connectivity index (χ4n) is 2.03. The number of hydrogen-bond acceptors (Lipinski definition) is 1. The van der Waals surface area contributed by atoms with E-state index in [-0.39, 0.29) is 5.82 Å². The van der Waals surface area contributed by atoms with E-state index in [4.69, 9.17) is 11.6 Å². The Hall–Kier alpha value is -0.900. The summed E-state index contributed by atoms with van der Waals surface area (Å²) in [6, 6.07) is 10.0. The number of benzene rings is 2. The monoisotopic (exact) mass is 342 g/mol. The summed E-state index contributed by atoms with van der Waals surface area (Å²) < 4.78 is 13.9. The molecule has 0 heterocycles. The van der Waals surface area contributed by atoms with E-state index >= 15 is 0 Å². The van der Waals surface area contributed by atoms with Crippen LogP contribution in [-0.4, -0.2) is 5.11 Å². The highest BCUT2D eigenvalue weighted by atomic mass is 79.9. The number of aliphatic hydroxyl groups excluding tert-OH is 1. The van der Waals surface area contributed by atoms with E-state index in [0.717, 1.165) is 16.7 Å². The predicted molar refractivity (Wildman–Crippen MR) is 79.0 cm³/mol. The third-order valence-electron chi connectivity index (χ3n) is 2.80. The molecule has 0 aliphatic heterocycles. The second-order valence-electron chi connectivity index (χ2n) is 4.56. The van der Waals surface area contributed by atoms with Gasteiger partial charge < -0.3 is 5.11 Å². The number of halogens is 3. The van der Waals surface area contributed by atoms with Crippen molar-refractivity contribution in [1.29, 1.82) is 0 Å². The van der Waals surface area contributed by atoms with Crippen LogP contribution in [0.2, 0.25) is 5.02 Å².